The number of carbonyl (C=O) groups excluding carboxylic acids is 3. The molecule has 6 heteroatoms. The molecule has 0 saturated carbocycles. The second-order valence-electron chi connectivity index (χ2n) is 6.62. The Morgan fingerprint density at radius 2 is 1.76 bits per heavy atom. The van der Waals surface area contributed by atoms with E-state index in [4.69, 9.17) is 9.47 Å². The number of esters is 1. The summed E-state index contributed by atoms with van der Waals surface area (Å²) in [6.07, 6.45) is 2.95. The first-order valence-corrected chi connectivity index (χ1v) is 7.96. The molecule has 6 nitrogen and oxygen atoms in total. The number of Topliss-reactive ketones (excluding diaryl/α,β-unsaturated/α-hetero) is 1. The summed E-state index contributed by atoms with van der Waals surface area (Å²) >= 11 is 0. The van der Waals surface area contributed by atoms with E-state index in [0.29, 0.717) is 0 Å². The van der Waals surface area contributed by atoms with Gasteiger partial charge in [-0.3, -0.25) is 9.59 Å². The minimum atomic E-state index is -0.846. The summed E-state index contributed by atoms with van der Waals surface area (Å²) in [5.41, 5.74) is 0.246. The van der Waals surface area contributed by atoms with Gasteiger partial charge in [0.25, 0.3) is 0 Å². The summed E-state index contributed by atoms with van der Waals surface area (Å²) in [7, 11) is 1.58. The molecule has 0 aliphatic carbocycles. The monoisotopic (exact) mass is 347 g/mol. The average molecular weight is 347 g/mol. The molecule has 1 amide bonds. The molecule has 1 aromatic carbocycles. The maximum Gasteiger partial charge on any atom is 0.328 e. The van der Waals surface area contributed by atoms with Gasteiger partial charge in [-0.05, 0) is 30.7 Å². The van der Waals surface area contributed by atoms with Crippen LogP contribution in [0.5, 0.6) is 5.75 Å². The Kier molecular flexibility index (Phi) is 7.36. The minimum Gasteiger partial charge on any atom is -0.497 e. The molecule has 0 aliphatic heterocycles. The van der Waals surface area contributed by atoms with Crippen LogP contribution in [0.2, 0.25) is 0 Å². The van der Waals surface area contributed by atoms with Gasteiger partial charge in [-0.25, -0.2) is 4.79 Å². The molecule has 0 spiro atoms. The molecule has 1 N–H and O–H groups in total. The Balaban J connectivity index is 2.48. The molecular formula is C19H25NO5. The third kappa shape index (κ3) is 7.20. The van der Waals surface area contributed by atoms with Gasteiger partial charge < -0.3 is 14.8 Å². The van der Waals surface area contributed by atoms with Crippen molar-refractivity contribution in [1.82, 2.24) is 5.32 Å². The Morgan fingerprint density at radius 1 is 1.16 bits per heavy atom. The Bertz CT molecular complexity index is 641. The second kappa shape index (κ2) is 9.01. The van der Waals surface area contributed by atoms with Crippen LogP contribution in [-0.4, -0.2) is 37.4 Å². The molecule has 25 heavy (non-hydrogen) atoms. The number of ketones is 1. The lowest BCUT2D eigenvalue weighted by Gasteiger charge is -2.17. The topological polar surface area (TPSA) is 81.7 Å². The molecule has 0 fully saturated rings. The molecular weight excluding hydrogens is 322 g/mol. The van der Waals surface area contributed by atoms with Crippen molar-refractivity contribution in [2.45, 2.75) is 33.7 Å². The lowest BCUT2D eigenvalue weighted by atomic mass is 9.91. The molecule has 0 radical (unpaired) electrons. The molecule has 0 saturated heterocycles. The molecule has 1 rings (SSSR count). The van der Waals surface area contributed by atoms with Gasteiger partial charge in [-0.2, -0.15) is 0 Å². The van der Waals surface area contributed by atoms with Crippen LogP contribution in [0.3, 0.4) is 0 Å². The molecule has 1 atom stereocenters. The zero-order valence-electron chi connectivity index (χ0n) is 15.3. The first-order chi connectivity index (χ1) is 11.6. The van der Waals surface area contributed by atoms with Gasteiger partial charge in [0.2, 0.25) is 5.91 Å². The van der Waals surface area contributed by atoms with Crippen LogP contribution in [-0.2, 0) is 19.1 Å². The van der Waals surface area contributed by atoms with E-state index >= 15 is 0 Å². The SMILES string of the molecule is COc1ccc(/C=C/C(=O)N[C@@H](C)C(=O)OCC(=O)C(C)(C)C)cc1. The maximum absolute atomic E-state index is 11.9. The van der Waals surface area contributed by atoms with E-state index in [-0.39, 0.29) is 12.4 Å². The van der Waals surface area contributed by atoms with Crippen LogP contribution in [0, 0.1) is 5.41 Å². The summed E-state index contributed by atoms with van der Waals surface area (Å²) in [5, 5.41) is 2.50. The van der Waals surface area contributed by atoms with E-state index in [1.54, 1.807) is 58.2 Å². The van der Waals surface area contributed by atoms with Crippen LogP contribution in [0.4, 0.5) is 0 Å². The number of carbonyl (C=O) groups is 3. The van der Waals surface area contributed by atoms with E-state index in [1.807, 2.05) is 0 Å². The van der Waals surface area contributed by atoms with Crippen molar-refractivity contribution in [3.63, 3.8) is 0 Å². The highest BCUT2D eigenvalue weighted by Crippen LogP contribution is 2.14. The quantitative estimate of drug-likeness (QED) is 0.605. The molecule has 136 valence electrons. The molecule has 0 unspecified atom stereocenters. The maximum atomic E-state index is 11.9. The second-order valence-corrected chi connectivity index (χ2v) is 6.62. The average Bonchev–Trinajstić information content (AvgIpc) is 2.56. The van der Waals surface area contributed by atoms with Crippen molar-refractivity contribution in [3.05, 3.63) is 35.9 Å². The third-order valence-corrected chi connectivity index (χ3v) is 3.44. The predicted octanol–water partition coefficient (Wildman–Crippen LogP) is 2.37. The molecule has 0 bridgehead atoms. The van der Waals surface area contributed by atoms with Crippen LogP contribution in [0.1, 0.15) is 33.3 Å². The first-order valence-electron chi connectivity index (χ1n) is 7.96. The van der Waals surface area contributed by atoms with Crippen molar-refractivity contribution >= 4 is 23.7 Å². The lowest BCUT2D eigenvalue weighted by Crippen LogP contribution is -2.40. The minimum absolute atomic E-state index is 0.182. The van der Waals surface area contributed by atoms with Crippen LogP contribution in [0.15, 0.2) is 30.3 Å². The van der Waals surface area contributed by atoms with Gasteiger partial charge in [0.05, 0.1) is 7.11 Å². The highest BCUT2D eigenvalue weighted by molar-refractivity contribution is 5.95. The fraction of sp³-hybridized carbons (Fsp3) is 0.421. The van der Waals surface area contributed by atoms with Gasteiger partial charge in [-0.15, -0.1) is 0 Å². The highest BCUT2D eigenvalue weighted by atomic mass is 16.5. The van der Waals surface area contributed by atoms with E-state index < -0.39 is 23.3 Å². The fourth-order valence-corrected chi connectivity index (χ4v) is 1.69. The van der Waals surface area contributed by atoms with Crippen molar-refractivity contribution < 1.29 is 23.9 Å². The van der Waals surface area contributed by atoms with Crippen molar-refractivity contribution in [2.75, 3.05) is 13.7 Å². The van der Waals surface area contributed by atoms with E-state index in [9.17, 15) is 14.4 Å². The number of hydrogen-bond donors (Lipinski definition) is 1. The normalized spacial score (nSPS) is 12.5. The van der Waals surface area contributed by atoms with Crippen molar-refractivity contribution in [1.29, 1.82) is 0 Å². The number of amides is 1. The van der Waals surface area contributed by atoms with E-state index in [1.165, 1.54) is 13.0 Å². The zero-order chi connectivity index (χ0) is 19.0. The summed E-state index contributed by atoms with van der Waals surface area (Å²) < 4.78 is 10.00. The predicted molar refractivity (Wildman–Crippen MR) is 95.1 cm³/mol. The molecule has 0 aromatic heterocycles. The van der Waals surface area contributed by atoms with Gasteiger partial charge in [-0.1, -0.05) is 32.9 Å². The van der Waals surface area contributed by atoms with Crippen LogP contribution >= 0.6 is 0 Å². The summed E-state index contributed by atoms with van der Waals surface area (Å²) in [5.74, 6) is -0.534. The van der Waals surface area contributed by atoms with Gasteiger partial charge in [0, 0.05) is 11.5 Å². The Morgan fingerprint density at radius 3 is 2.28 bits per heavy atom. The smallest absolute Gasteiger partial charge is 0.328 e. The van der Waals surface area contributed by atoms with Gasteiger partial charge in [0.15, 0.2) is 12.4 Å². The first kappa shape index (κ1) is 20.4. The summed E-state index contributed by atoms with van der Waals surface area (Å²) in [6, 6.07) is 6.32. The summed E-state index contributed by atoms with van der Waals surface area (Å²) in [4.78, 5) is 35.4. The van der Waals surface area contributed by atoms with Gasteiger partial charge >= 0.3 is 5.97 Å². The molecule has 1 aromatic rings. The number of methoxy groups -OCH3 is 1. The molecule has 0 heterocycles. The number of hydrogen-bond acceptors (Lipinski definition) is 5. The van der Waals surface area contributed by atoms with Gasteiger partial charge in [0.1, 0.15) is 11.8 Å². The van der Waals surface area contributed by atoms with Crippen LogP contribution in [0.25, 0.3) is 6.08 Å². The number of ether oxygens (including phenoxy) is 2. The van der Waals surface area contributed by atoms with E-state index in [2.05, 4.69) is 5.32 Å². The number of benzene rings is 1. The molecule has 0 aliphatic rings. The Labute approximate surface area is 148 Å². The highest BCUT2D eigenvalue weighted by Gasteiger charge is 2.24. The largest absolute Gasteiger partial charge is 0.497 e. The fourth-order valence-electron chi connectivity index (χ4n) is 1.69. The van der Waals surface area contributed by atoms with Crippen molar-refractivity contribution in [2.24, 2.45) is 5.41 Å². The summed E-state index contributed by atoms with van der Waals surface area (Å²) in [6.45, 7) is 6.45. The number of rotatable bonds is 7. The van der Waals surface area contributed by atoms with Crippen molar-refractivity contribution in [3.8, 4) is 5.75 Å². The van der Waals surface area contributed by atoms with Crippen LogP contribution < -0.4 is 10.1 Å². The zero-order valence-corrected chi connectivity index (χ0v) is 15.3. The van der Waals surface area contributed by atoms with E-state index in [0.717, 1.165) is 11.3 Å². The third-order valence-electron chi connectivity index (χ3n) is 3.44. The standard InChI is InChI=1S/C19H25NO5/c1-13(18(23)25-12-16(21)19(2,3)4)20-17(22)11-8-14-6-9-15(24-5)10-7-14/h6-11,13H,12H2,1-5H3,(H,20,22)/b11-8+/t13-/m0/s1. The Hall–Kier alpha value is -2.63. The lowest BCUT2D eigenvalue weighted by molar-refractivity contribution is -0.152. The number of nitrogens with one attached hydrogen (secondary N) is 1.